The van der Waals surface area contributed by atoms with Crippen LogP contribution in [-0.2, 0) is 9.47 Å². The average Bonchev–Trinajstić information content (AvgIpc) is 2.39. The Bertz CT molecular complexity index is 504. The fourth-order valence-corrected chi connectivity index (χ4v) is 1.95. The number of methoxy groups -OCH3 is 3. The van der Waals surface area contributed by atoms with Gasteiger partial charge >= 0.3 is 0 Å². The summed E-state index contributed by atoms with van der Waals surface area (Å²) < 4.78 is 15.9. The molecule has 0 aliphatic heterocycles. The van der Waals surface area contributed by atoms with Crippen molar-refractivity contribution in [3.8, 4) is 5.75 Å². The van der Waals surface area contributed by atoms with Crippen molar-refractivity contribution in [2.24, 2.45) is 0 Å². The molecule has 2 rings (SSSR count). The summed E-state index contributed by atoms with van der Waals surface area (Å²) in [5, 5.41) is 2.28. The highest BCUT2D eigenvalue weighted by Crippen LogP contribution is 2.32. The SMILES string of the molecule is COc1cc2ccccc2cc1C(OC)OC. The van der Waals surface area contributed by atoms with E-state index in [0.717, 1.165) is 22.1 Å². The summed E-state index contributed by atoms with van der Waals surface area (Å²) in [5.41, 5.74) is 0.899. The minimum atomic E-state index is -0.408. The summed E-state index contributed by atoms with van der Waals surface area (Å²) in [6.45, 7) is 0. The molecule has 2 aromatic rings. The highest BCUT2D eigenvalue weighted by Gasteiger charge is 2.15. The highest BCUT2D eigenvalue weighted by atomic mass is 16.7. The Balaban J connectivity index is 2.60. The van der Waals surface area contributed by atoms with Gasteiger partial charge in [-0.2, -0.15) is 0 Å². The summed E-state index contributed by atoms with van der Waals surface area (Å²) in [6, 6.07) is 12.2. The summed E-state index contributed by atoms with van der Waals surface area (Å²) >= 11 is 0. The molecule has 0 unspecified atom stereocenters. The first-order chi connectivity index (χ1) is 8.30. The van der Waals surface area contributed by atoms with Crippen LogP contribution in [0.3, 0.4) is 0 Å². The van der Waals surface area contributed by atoms with Crippen LogP contribution in [-0.4, -0.2) is 21.3 Å². The number of benzene rings is 2. The zero-order valence-corrected chi connectivity index (χ0v) is 10.3. The number of fused-ring (bicyclic) bond motifs is 1. The van der Waals surface area contributed by atoms with Gasteiger partial charge in [0.2, 0.25) is 0 Å². The first-order valence-electron chi connectivity index (χ1n) is 5.42. The third-order valence-electron chi connectivity index (χ3n) is 2.78. The molecule has 0 aromatic heterocycles. The molecule has 0 saturated carbocycles. The van der Waals surface area contributed by atoms with Crippen molar-refractivity contribution in [3.63, 3.8) is 0 Å². The Kier molecular flexibility index (Phi) is 3.61. The molecular weight excluding hydrogens is 216 g/mol. The molecule has 0 bridgehead atoms. The Morgan fingerprint density at radius 1 is 0.882 bits per heavy atom. The number of hydrogen-bond acceptors (Lipinski definition) is 3. The zero-order valence-electron chi connectivity index (χ0n) is 10.3. The predicted molar refractivity (Wildman–Crippen MR) is 67.3 cm³/mol. The first-order valence-corrected chi connectivity index (χ1v) is 5.42. The summed E-state index contributed by atoms with van der Waals surface area (Å²) in [5.74, 6) is 0.775. The minimum Gasteiger partial charge on any atom is -0.496 e. The summed E-state index contributed by atoms with van der Waals surface area (Å²) in [7, 11) is 4.88. The molecule has 90 valence electrons. The maximum Gasteiger partial charge on any atom is 0.186 e. The van der Waals surface area contributed by atoms with E-state index in [9.17, 15) is 0 Å². The van der Waals surface area contributed by atoms with Gasteiger partial charge in [0.05, 0.1) is 12.7 Å². The summed E-state index contributed by atoms with van der Waals surface area (Å²) in [6.07, 6.45) is -0.408. The number of ether oxygens (including phenoxy) is 3. The van der Waals surface area contributed by atoms with Crippen LogP contribution in [0, 0.1) is 0 Å². The lowest BCUT2D eigenvalue weighted by molar-refractivity contribution is -0.106. The molecule has 0 heterocycles. The van der Waals surface area contributed by atoms with E-state index in [1.54, 1.807) is 21.3 Å². The third kappa shape index (κ3) is 2.25. The lowest BCUT2D eigenvalue weighted by Gasteiger charge is -2.17. The van der Waals surface area contributed by atoms with Gasteiger partial charge < -0.3 is 14.2 Å². The summed E-state index contributed by atoms with van der Waals surface area (Å²) in [4.78, 5) is 0. The van der Waals surface area contributed by atoms with Crippen molar-refractivity contribution in [1.82, 2.24) is 0 Å². The van der Waals surface area contributed by atoms with Gasteiger partial charge in [0.25, 0.3) is 0 Å². The fraction of sp³-hybridized carbons (Fsp3) is 0.286. The molecule has 0 aliphatic carbocycles. The quantitative estimate of drug-likeness (QED) is 0.758. The molecule has 17 heavy (non-hydrogen) atoms. The largest absolute Gasteiger partial charge is 0.496 e. The van der Waals surface area contributed by atoms with Crippen LogP contribution in [0.4, 0.5) is 0 Å². The lowest BCUT2D eigenvalue weighted by atomic mass is 10.1. The van der Waals surface area contributed by atoms with Gasteiger partial charge in [0, 0.05) is 14.2 Å². The molecule has 0 atom stereocenters. The number of hydrogen-bond donors (Lipinski definition) is 0. The van der Waals surface area contributed by atoms with E-state index in [1.165, 1.54) is 0 Å². The molecule has 0 fully saturated rings. The van der Waals surface area contributed by atoms with E-state index in [1.807, 2.05) is 24.3 Å². The van der Waals surface area contributed by atoms with Crippen LogP contribution in [0.2, 0.25) is 0 Å². The first kappa shape index (κ1) is 11.9. The Morgan fingerprint density at radius 3 is 2.00 bits per heavy atom. The maximum absolute atomic E-state index is 5.38. The average molecular weight is 232 g/mol. The molecule has 0 aliphatic rings. The van der Waals surface area contributed by atoms with E-state index in [-0.39, 0.29) is 0 Å². The molecule has 2 aromatic carbocycles. The second kappa shape index (κ2) is 5.17. The second-order valence-electron chi connectivity index (χ2n) is 3.74. The van der Waals surface area contributed by atoms with Crippen LogP contribution < -0.4 is 4.74 Å². The van der Waals surface area contributed by atoms with Crippen molar-refractivity contribution < 1.29 is 14.2 Å². The van der Waals surface area contributed by atoms with E-state index in [4.69, 9.17) is 14.2 Å². The van der Waals surface area contributed by atoms with Gasteiger partial charge in [-0.1, -0.05) is 24.3 Å². The van der Waals surface area contributed by atoms with Crippen molar-refractivity contribution in [3.05, 3.63) is 42.0 Å². The lowest BCUT2D eigenvalue weighted by Crippen LogP contribution is -2.05. The van der Waals surface area contributed by atoms with E-state index in [2.05, 4.69) is 12.1 Å². The van der Waals surface area contributed by atoms with E-state index < -0.39 is 6.29 Å². The van der Waals surface area contributed by atoms with Gasteiger partial charge in [-0.05, 0) is 22.9 Å². The normalized spacial score (nSPS) is 11.1. The van der Waals surface area contributed by atoms with E-state index >= 15 is 0 Å². The molecule has 0 saturated heterocycles. The van der Waals surface area contributed by atoms with Crippen LogP contribution in [0.15, 0.2) is 36.4 Å². The topological polar surface area (TPSA) is 27.7 Å². The third-order valence-corrected chi connectivity index (χ3v) is 2.78. The van der Waals surface area contributed by atoms with Crippen LogP contribution >= 0.6 is 0 Å². The number of rotatable bonds is 4. The van der Waals surface area contributed by atoms with Crippen molar-refractivity contribution in [2.45, 2.75) is 6.29 Å². The van der Waals surface area contributed by atoms with Gasteiger partial charge in [0.1, 0.15) is 5.75 Å². The Morgan fingerprint density at radius 2 is 1.47 bits per heavy atom. The van der Waals surface area contributed by atoms with Gasteiger partial charge in [-0.25, -0.2) is 0 Å². The predicted octanol–water partition coefficient (Wildman–Crippen LogP) is 3.14. The Hall–Kier alpha value is -1.58. The van der Waals surface area contributed by atoms with Crippen molar-refractivity contribution in [2.75, 3.05) is 21.3 Å². The van der Waals surface area contributed by atoms with Gasteiger partial charge in [0.15, 0.2) is 6.29 Å². The Labute approximate surface area is 101 Å². The van der Waals surface area contributed by atoms with E-state index in [0.29, 0.717) is 0 Å². The molecular formula is C14H16O3. The van der Waals surface area contributed by atoms with Crippen LogP contribution in [0.25, 0.3) is 10.8 Å². The van der Waals surface area contributed by atoms with Gasteiger partial charge in [-0.3, -0.25) is 0 Å². The van der Waals surface area contributed by atoms with Crippen molar-refractivity contribution >= 4 is 10.8 Å². The van der Waals surface area contributed by atoms with Gasteiger partial charge in [-0.15, -0.1) is 0 Å². The van der Waals surface area contributed by atoms with Crippen LogP contribution in [0.1, 0.15) is 11.9 Å². The zero-order chi connectivity index (χ0) is 12.3. The monoisotopic (exact) mass is 232 g/mol. The fourth-order valence-electron chi connectivity index (χ4n) is 1.95. The smallest absolute Gasteiger partial charge is 0.186 e. The molecule has 0 radical (unpaired) electrons. The second-order valence-corrected chi connectivity index (χ2v) is 3.74. The highest BCUT2D eigenvalue weighted by molar-refractivity contribution is 5.85. The molecule has 0 N–H and O–H groups in total. The molecule has 3 nitrogen and oxygen atoms in total. The minimum absolute atomic E-state index is 0.408. The standard InChI is InChI=1S/C14H16O3/c1-15-13-9-11-7-5-4-6-10(11)8-12(13)14(16-2)17-3/h4-9,14H,1-3H3. The van der Waals surface area contributed by atoms with Crippen LogP contribution in [0.5, 0.6) is 5.75 Å². The molecule has 0 amide bonds. The maximum atomic E-state index is 5.38. The molecule has 3 heteroatoms. The molecule has 0 spiro atoms. The van der Waals surface area contributed by atoms with Crippen molar-refractivity contribution in [1.29, 1.82) is 0 Å².